The third-order valence-corrected chi connectivity index (χ3v) is 2.27. The van der Waals surface area contributed by atoms with E-state index in [9.17, 15) is 4.79 Å². The topological polar surface area (TPSA) is 61.5 Å². The fourth-order valence-electron chi connectivity index (χ4n) is 1.37. The van der Waals surface area contributed by atoms with Crippen LogP contribution in [0.2, 0.25) is 5.02 Å². The lowest BCUT2D eigenvalue weighted by molar-refractivity contribution is -0.142. The van der Waals surface area contributed by atoms with Gasteiger partial charge in [-0.2, -0.15) is 0 Å². The van der Waals surface area contributed by atoms with Gasteiger partial charge in [-0.1, -0.05) is 11.6 Å². The standard InChI is InChI=1S/C11H14ClNO3/c1-3-16-10(14)6-7-4-8(12)11(15-2)9(13)5-7/h4-5H,3,6,13H2,1-2H3. The van der Waals surface area contributed by atoms with Crippen molar-refractivity contribution in [3.8, 4) is 5.75 Å². The first-order valence-corrected chi connectivity index (χ1v) is 5.23. The van der Waals surface area contributed by atoms with Crippen LogP contribution in [-0.2, 0) is 16.0 Å². The summed E-state index contributed by atoms with van der Waals surface area (Å²) in [6.07, 6.45) is 0.155. The van der Waals surface area contributed by atoms with Gasteiger partial charge in [0, 0.05) is 0 Å². The summed E-state index contributed by atoms with van der Waals surface area (Å²) in [4.78, 5) is 11.3. The number of methoxy groups -OCH3 is 1. The van der Waals surface area contributed by atoms with Gasteiger partial charge in [0.25, 0.3) is 0 Å². The largest absolute Gasteiger partial charge is 0.493 e. The second-order valence-electron chi connectivity index (χ2n) is 3.18. The van der Waals surface area contributed by atoms with Crippen LogP contribution in [0.4, 0.5) is 5.69 Å². The number of hydrogen-bond acceptors (Lipinski definition) is 4. The van der Waals surface area contributed by atoms with Crippen molar-refractivity contribution in [2.45, 2.75) is 13.3 Å². The van der Waals surface area contributed by atoms with Gasteiger partial charge in [0.05, 0.1) is 30.8 Å². The van der Waals surface area contributed by atoms with E-state index in [1.165, 1.54) is 7.11 Å². The third kappa shape index (κ3) is 3.03. The lowest BCUT2D eigenvalue weighted by Gasteiger charge is -2.09. The first-order valence-electron chi connectivity index (χ1n) is 4.86. The average Bonchev–Trinajstić information content (AvgIpc) is 2.17. The fourth-order valence-corrected chi connectivity index (χ4v) is 1.70. The molecule has 0 saturated carbocycles. The first kappa shape index (κ1) is 12.6. The number of benzene rings is 1. The van der Waals surface area contributed by atoms with Crippen LogP contribution in [0.1, 0.15) is 12.5 Å². The summed E-state index contributed by atoms with van der Waals surface area (Å²) in [5, 5.41) is 0.391. The molecule has 0 aliphatic rings. The quantitative estimate of drug-likeness (QED) is 0.649. The molecule has 5 heteroatoms. The second-order valence-corrected chi connectivity index (χ2v) is 3.59. The third-order valence-electron chi connectivity index (χ3n) is 1.99. The highest BCUT2D eigenvalue weighted by molar-refractivity contribution is 6.32. The predicted molar refractivity (Wildman–Crippen MR) is 62.8 cm³/mol. The van der Waals surface area contributed by atoms with Gasteiger partial charge in [0.15, 0.2) is 5.75 Å². The summed E-state index contributed by atoms with van der Waals surface area (Å²) in [7, 11) is 1.49. The Kier molecular flexibility index (Phi) is 4.43. The minimum atomic E-state index is -0.303. The number of carbonyl (C=O) groups is 1. The van der Waals surface area contributed by atoms with Crippen molar-refractivity contribution >= 4 is 23.3 Å². The number of nitrogen functional groups attached to an aromatic ring is 1. The zero-order chi connectivity index (χ0) is 12.1. The molecule has 0 radical (unpaired) electrons. The lowest BCUT2D eigenvalue weighted by Crippen LogP contribution is -2.08. The van der Waals surface area contributed by atoms with Crippen LogP contribution in [0.15, 0.2) is 12.1 Å². The summed E-state index contributed by atoms with van der Waals surface area (Å²) in [6.45, 7) is 2.12. The normalized spacial score (nSPS) is 9.94. The Morgan fingerprint density at radius 1 is 1.50 bits per heavy atom. The molecule has 0 aliphatic carbocycles. The Labute approximate surface area is 99.3 Å². The molecule has 0 aliphatic heterocycles. The Morgan fingerprint density at radius 3 is 2.69 bits per heavy atom. The molecule has 1 rings (SSSR count). The summed E-state index contributed by atoms with van der Waals surface area (Å²) >= 11 is 5.94. The minimum absolute atomic E-state index is 0.155. The monoisotopic (exact) mass is 243 g/mol. The highest BCUT2D eigenvalue weighted by Crippen LogP contribution is 2.32. The lowest BCUT2D eigenvalue weighted by atomic mass is 10.1. The van der Waals surface area contributed by atoms with E-state index in [1.54, 1.807) is 19.1 Å². The zero-order valence-corrected chi connectivity index (χ0v) is 10.0. The summed E-state index contributed by atoms with van der Waals surface area (Å²) < 4.78 is 9.84. The average molecular weight is 244 g/mol. The van der Waals surface area contributed by atoms with Crippen LogP contribution < -0.4 is 10.5 Å². The van der Waals surface area contributed by atoms with E-state index in [-0.39, 0.29) is 12.4 Å². The van der Waals surface area contributed by atoms with Gasteiger partial charge in [-0.25, -0.2) is 0 Å². The highest BCUT2D eigenvalue weighted by atomic mass is 35.5. The number of hydrogen-bond donors (Lipinski definition) is 1. The van der Waals surface area contributed by atoms with E-state index < -0.39 is 0 Å². The van der Waals surface area contributed by atoms with Crippen LogP contribution in [0.5, 0.6) is 5.75 Å². The second kappa shape index (κ2) is 5.61. The number of carbonyl (C=O) groups excluding carboxylic acids is 1. The smallest absolute Gasteiger partial charge is 0.310 e. The maximum absolute atomic E-state index is 11.3. The molecule has 0 spiro atoms. The van der Waals surface area contributed by atoms with Gasteiger partial charge in [0.2, 0.25) is 0 Å². The van der Waals surface area contributed by atoms with Crippen molar-refractivity contribution in [3.05, 3.63) is 22.7 Å². The maximum atomic E-state index is 11.3. The Bertz CT molecular complexity index is 370. The molecule has 0 amide bonds. The van der Waals surface area contributed by atoms with Gasteiger partial charge in [0.1, 0.15) is 0 Å². The van der Waals surface area contributed by atoms with E-state index in [0.29, 0.717) is 28.6 Å². The van der Waals surface area contributed by atoms with E-state index >= 15 is 0 Å². The Balaban J connectivity index is 2.87. The molecule has 1 aromatic rings. The molecule has 0 fully saturated rings. The van der Waals surface area contributed by atoms with E-state index in [0.717, 1.165) is 0 Å². The highest BCUT2D eigenvalue weighted by Gasteiger charge is 2.10. The molecule has 16 heavy (non-hydrogen) atoms. The summed E-state index contributed by atoms with van der Waals surface area (Å²) in [6, 6.07) is 3.30. The molecule has 88 valence electrons. The van der Waals surface area contributed by atoms with Crippen molar-refractivity contribution in [1.29, 1.82) is 0 Å². The van der Waals surface area contributed by atoms with Crippen molar-refractivity contribution in [1.82, 2.24) is 0 Å². The van der Waals surface area contributed by atoms with Crippen molar-refractivity contribution < 1.29 is 14.3 Å². The predicted octanol–water partition coefficient (Wildman–Crippen LogP) is 2.04. The van der Waals surface area contributed by atoms with E-state index in [4.69, 9.17) is 26.8 Å². The van der Waals surface area contributed by atoms with Crippen molar-refractivity contribution in [3.63, 3.8) is 0 Å². The number of halogens is 1. The van der Waals surface area contributed by atoms with Gasteiger partial charge in [-0.15, -0.1) is 0 Å². The molecule has 0 heterocycles. The summed E-state index contributed by atoms with van der Waals surface area (Å²) in [5.41, 5.74) is 6.84. The number of rotatable bonds is 4. The molecular weight excluding hydrogens is 230 g/mol. The molecule has 1 aromatic carbocycles. The number of ether oxygens (including phenoxy) is 2. The zero-order valence-electron chi connectivity index (χ0n) is 9.25. The van der Waals surface area contributed by atoms with Gasteiger partial charge in [-0.3, -0.25) is 4.79 Å². The summed E-state index contributed by atoms with van der Waals surface area (Å²) in [5.74, 6) is 0.123. The van der Waals surface area contributed by atoms with Crippen molar-refractivity contribution in [2.24, 2.45) is 0 Å². The van der Waals surface area contributed by atoms with Crippen molar-refractivity contribution in [2.75, 3.05) is 19.5 Å². The van der Waals surface area contributed by atoms with Crippen LogP contribution >= 0.6 is 11.6 Å². The molecule has 2 N–H and O–H groups in total. The molecule has 0 atom stereocenters. The fraction of sp³-hybridized carbons (Fsp3) is 0.364. The number of esters is 1. The van der Waals surface area contributed by atoms with E-state index in [1.807, 2.05) is 0 Å². The Hall–Kier alpha value is -1.42. The van der Waals surface area contributed by atoms with Crippen LogP contribution in [0.25, 0.3) is 0 Å². The van der Waals surface area contributed by atoms with E-state index in [2.05, 4.69) is 0 Å². The minimum Gasteiger partial charge on any atom is -0.493 e. The molecule has 0 bridgehead atoms. The molecular formula is C11H14ClNO3. The first-order chi connectivity index (χ1) is 7.58. The van der Waals surface area contributed by atoms with Gasteiger partial charge < -0.3 is 15.2 Å². The SMILES string of the molecule is CCOC(=O)Cc1cc(N)c(OC)c(Cl)c1. The van der Waals surface area contributed by atoms with Crippen LogP contribution in [-0.4, -0.2) is 19.7 Å². The molecule has 0 saturated heterocycles. The number of nitrogens with two attached hydrogens (primary N) is 1. The van der Waals surface area contributed by atoms with Gasteiger partial charge >= 0.3 is 5.97 Å². The molecule has 0 aromatic heterocycles. The maximum Gasteiger partial charge on any atom is 0.310 e. The van der Waals surface area contributed by atoms with Gasteiger partial charge in [-0.05, 0) is 24.6 Å². The molecule has 4 nitrogen and oxygen atoms in total. The van der Waals surface area contributed by atoms with Crippen LogP contribution in [0, 0.1) is 0 Å². The Morgan fingerprint density at radius 2 is 2.19 bits per heavy atom. The number of anilines is 1. The molecule has 0 unspecified atom stereocenters. The van der Waals surface area contributed by atoms with Crippen LogP contribution in [0.3, 0.4) is 0 Å².